The third kappa shape index (κ3) is 7.07. The number of amides is 4. The van der Waals surface area contributed by atoms with Crippen LogP contribution in [0.5, 0.6) is 0 Å². The molecule has 146 valence electrons. The smallest absolute Gasteiger partial charge is 0.325 e. The molecule has 0 radical (unpaired) electrons. The predicted octanol–water partition coefficient (Wildman–Crippen LogP) is 2.03. The molecule has 2 rings (SSSR count). The number of esters is 1. The van der Waals surface area contributed by atoms with Gasteiger partial charge in [0.05, 0.1) is 10.6 Å². The van der Waals surface area contributed by atoms with Crippen LogP contribution in [0.25, 0.3) is 0 Å². The number of carbonyl (C=O) groups is 4. The molecule has 0 atom stereocenters. The van der Waals surface area contributed by atoms with Crippen LogP contribution in [0.3, 0.4) is 0 Å². The van der Waals surface area contributed by atoms with Gasteiger partial charge in [0.15, 0.2) is 6.61 Å². The van der Waals surface area contributed by atoms with Crippen LogP contribution >= 0.6 is 23.2 Å². The topological polar surface area (TPSA) is 114 Å². The van der Waals surface area contributed by atoms with E-state index in [1.165, 1.54) is 18.2 Å². The molecule has 1 aliphatic carbocycles. The van der Waals surface area contributed by atoms with E-state index in [1.807, 2.05) is 0 Å². The molecular weight excluding hydrogens is 397 g/mol. The highest BCUT2D eigenvalue weighted by atomic mass is 35.5. The average molecular weight is 416 g/mol. The molecule has 10 heteroatoms. The lowest BCUT2D eigenvalue weighted by molar-refractivity contribution is -0.147. The highest BCUT2D eigenvalue weighted by Crippen LogP contribution is 2.20. The monoisotopic (exact) mass is 415 g/mol. The first kappa shape index (κ1) is 21.0. The maximum absolute atomic E-state index is 12.0. The normalized spacial score (nSPS) is 13.7. The Kier molecular flexibility index (Phi) is 7.87. The minimum absolute atomic E-state index is 0.0651. The van der Waals surface area contributed by atoms with Gasteiger partial charge < -0.3 is 15.4 Å². The Bertz CT molecular complexity index is 735. The summed E-state index contributed by atoms with van der Waals surface area (Å²) in [7, 11) is 0. The minimum Gasteiger partial charge on any atom is -0.454 e. The van der Waals surface area contributed by atoms with E-state index in [2.05, 4.69) is 16.0 Å². The van der Waals surface area contributed by atoms with Crippen molar-refractivity contribution < 1.29 is 23.9 Å². The Labute approximate surface area is 165 Å². The lowest BCUT2D eigenvalue weighted by Crippen LogP contribution is -2.45. The van der Waals surface area contributed by atoms with Crippen molar-refractivity contribution >= 4 is 47.0 Å². The number of benzene rings is 1. The number of imide groups is 1. The van der Waals surface area contributed by atoms with Crippen molar-refractivity contribution in [3.8, 4) is 0 Å². The Balaban J connectivity index is 1.66. The van der Waals surface area contributed by atoms with Crippen molar-refractivity contribution in [1.82, 2.24) is 16.0 Å². The molecule has 0 unspecified atom stereocenters. The van der Waals surface area contributed by atoms with Gasteiger partial charge in [-0.3, -0.25) is 19.7 Å². The molecule has 8 nitrogen and oxygen atoms in total. The van der Waals surface area contributed by atoms with Gasteiger partial charge >= 0.3 is 12.0 Å². The summed E-state index contributed by atoms with van der Waals surface area (Å²) in [5, 5.41) is 7.59. The van der Waals surface area contributed by atoms with E-state index in [1.54, 1.807) is 0 Å². The minimum atomic E-state index is -0.834. The zero-order valence-electron chi connectivity index (χ0n) is 14.3. The van der Waals surface area contributed by atoms with Crippen LogP contribution in [0.4, 0.5) is 4.79 Å². The van der Waals surface area contributed by atoms with Gasteiger partial charge in [-0.05, 0) is 31.0 Å². The second-order valence-corrected chi connectivity index (χ2v) is 6.81. The van der Waals surface area contributed by atoms with E-state index < -0.39 is 37.0 Å². The molecule has 1 aliphatic rings. The summed E-state index contributed by atoms with van der Waals surface area (Å²) in [6, 6.07) is 3.75. The second-order valence-electron chi connectivity index (χ2n) is 5.97. The van der Waals surface area contributed by atoms with Crippen molar-refractivity contribution in [2.24, 2.45) is 0 Å². The molecule has 0 heterocycles. The SMILES string of the molecule is O=C(COC(=O)CNC(=O)c1ccc(Cl)cc1Cl)NC(=O)NC1CCCC1. The summed E-state index contributed by atoms with van der Waals surface area (Å²) in [5.74, 6) is -2.18. The first-order valence-corrected chi connectivity index (χ1v) is 9.10. The van der Waals surface area contributed by atoms with Crippen LogP contribution < -0.4 is 16.0 Å². The molecule has 1 aromatic carbocycles. The fourth-order valence-corrected chi connectivity index (χ4v) is 3.07. The third-order valence-electron chi connectivity index (χ3n) is 3.88. The van der Waals surface area contributed by atoms with Gasteiger partial charge in [-0.15, -0.1) is 0 Å². The number of halogens is 2. The molecule has 0 aliphatic heterocycles. The predicted molar refractivity (Wildman–Crippen MR) is 98.7 cm³/mol. The maximum Gasteiger partial charge on any atom is 0.325 e. The summed E-state index contributed by atoms with van der Waals surface area (Å²) in [6.07, 6.45) is 3.86. The molecular formula is C17H19Cl2N3O5. The van der Waals surface area contributed by atoms with Crippen LogP contribution in [-0.2, 0) is 14.3 Å². The highest BCUT2D eigenvalue weighted by molar-refractivity contribution is 6.36. The first-order valence-electron chi connectivity index (χ1n) is 8.34. The second kappa shape index (κ2) is 10.1. The summed E-state index contributed by atoms with van der Waals surface area (Å²) < 4.78 is 4.71. The van der Waals surface area contributed by atoms with Crippen molar-refractivity contribution in [2.75, 3.05) is 13.2 Å². The molecule has 4 amide bonds. The lowest BCUT2D eigenvalue weighted by Gasteiger charge is -2.12. The van der Waals surface area contributed by atoms with Crippen molar-refractivity contribution in [3.05, 3.63) is 33.8 Å². The van der Waals surface area contributed by atoms with Gasteiger partial charge in [0.25, 0.3) is 11.8 Å². The molecule has 3 N–H and O–H groups in total. The van der Waals surface area contributed by atoms with Crippen LogP contribution in [0.1, 0.15) is 36.0 Å². The molecule has 0 spiro atoms. The Hall–Kier alpha value is -2.32. The third-order valence-corrected chi connectivity index (χ3v) is 4.42. The Morgan fingerprint density at radius 2 is 1.81 bits per heavy atom. The van der Waals surface area contributed by atoms with Gasteiger partial charge in [0.1, 0.15) is 6.54 Å². The van der Waals surface area contributed by atoms with Crippen LogP contribution in [-0.4, -0.2) is 43.0 Å². The summed E-state index contributed by atoms with van der Waals surface area (Å²) in [5.41, 5.74) is 0.148. The number of hydrogen-bond donors (Lipinski definition) is 3. The molecule has 0 saturated heterocycles. The summed E-state index contributed by atoms with van der Waals surface area (Å²) in [6.45, 7) is -1.09. The van der Waals surface area contributed by atoms with Gasteiger partial charge in [-0.2, -0.15) is 0 Å². The Morgan fingerprint density at radius 3 is 2.48 bits per heavy atom. The molecule has 1 fully saturated rings. The van der Waals surface area contributed by atoms with Crippen molar-refractivity contribution in [1.29, 1.82) is 0 Å². The number of ether oxygens (including phenoxy) is 1. The van der Waals surface area contributed by atoms with E-state index in [0.717, 1.165) is 25.7 Å². The fraction of sp³-hybridized carbons (Fsp3) is 0.412. The number of nitrogens with one attached hydrogen (secondary N) is 3. The van der Waals surface area contributed by atoms with Crippen LogP contribution in [0.2, 0.25) is 10.0 Å². The standard InChI is InChI=1S/C17H19Cl2N3O5/c18-10-5-6-12(13(19)7-10)16(25)20-8-15(24)27-9-14(23)22-17(26)21-11-3-1-2-4-11/h5-7,11H,1-4,8-9H2,(H,20,25)(H2,21,22,23,26). The summed E-state index contributed by atoms with van der Waals surface area (Å²) >= 11 is 11.6. The quantitative estimate of drug-likeness (QED) is 0.615. The maximum atomic E-state index is 12.0. The fourth-order valence-electron chi connectivity index (χ4n) is 2.57. The van der Waals surface area contributed by atoms with Crippen molar-refractivity contribution in [3.63, 3.8) is 0 Å². The van der Waals surface area contributed by atoms with E-state index in [9.17, 15) is 19.2 Å². The number of carbonyl (C=O) groups excluding carboxylic acids is 4. The van der Waals surface area contributed by atoms with Gasteiger partial charge in [-0.25, -0.2) is 4.79 Å². The van der Waals surface area contributed by atoms with Gasteiger partial charge in [-0.1, -0.05) is 36.0 Å². The highest BCUT2D eigenvalue weighted by Gasteiger charge is 2.19. The van der Waals surface area contributed by atoms with Gasteiger partial charge in [0, 0.05) is 11.1 Å². The summed E-state index contributed by atoms with van der Waals surface area (Å²) in [4.78, 5) is 46.8. The molecule has 0 bridgehead atoms. The van der Waals surface area contributed by atoms with E-state index in [0.29, 0.717) is 5.02 Å². The van der Waals surface area contributed by atoms with E-state index in [-0.39, 0.29) is 16.6 Å². The zero-order valence-corrected chi connectivity index (χ0v) is 15.9. The van der Waals surface area contributed by atoms with E-state index >= 15 is 0 Å². The largest absolute Gasteiger partial charge is 0.454 e. The number of rotatable bonds is 6. The Morgan fingerprint density at radius 1 is 1.11 bits per heavy atom. The average Bonchev–Trinajstić information content (AvgIpc) is 3.10. The molecule has 0 aromatic heterocycles. The van der Waals surface area contributed by atoms with E-state index in [4.69, 9.17) is 27.9 Å². The van der Waals surface area contributed by atoms with Crippen LogP contribution in [0, 0.1) is 0 Å². The molecule has 1 saturated carbocycles. The van der Waals surface area contributed by atoms with Gasteiger partial charge in [0.2, 0.25) is 0 Å². The lowest BCUT2D eigenvalue weighted by atomic mass is 10.2. The van der Waals surface area contributed by atoms with Crippen molar-refractivity contribution in [2.45, 2.75) is 31.7 Å². The first-order chi connectivity index (χ1) is 12.8. The molecule has 27 heavy (non-hydrogen) atoms. The number of hydrogen-bond acceptors (Lipinski definition) is 5. The molecule has 1 aromatic rings. The van der Waals surface area contributed by atoms with Crippen LogP contribution in [0.15, 0.2) is 18.2 Å². The zero-order chi connectivity index (χ0) is 19.8. The number of urea groups is 1.